The molecular weight excluding hydrogens is 327 g/mol. The van der Waals surface area contributed by atoms with E-state index in [2.05, 4.69) is 10.5 Å². The number of nitrogens with zero attached hydrogens (tertiary/aromatic N) is 1. The van der Waals surface area contributed by atoms with Crippen molar-refractivity contribution in [1.29, 1.82) is 0 Å². The van der Waals surface area contributed by atoms with Gasteiger partial charge < -0.3 is 0 Å². The molecule has 0 aliphatic heterocycles. The fourth-order valence-electron chi connectivity index (χ4n) is 1.01. The lowest BCUT2D eigenvalue weighted by Crippen LogP contribution is -2.11. The number of Topliss-reactive ketones (excluding diaryl/α,β-unsaturated/α-hetero) is 1. The van der Waals surface area contributed by atoms with Gasteiger partial charge in [-0.25, -0.2) is 0 Å². The zero-order valence-electron chi connectivity index (χ0n) is 9.06. The molecule has 1 aromatic rings. The number of halogens is 6. The van der Waals surface area contributed by atoms with Crippen LogP contribution in [0.15, 0.2) is 23.3 Å². The predicted octanol–water partition coefficient (Wildman–Crippen LogP) is 4.13. The number of hydrogen-bond acceptors (Lipinski definition) is 3. The highest BCUT2D eigenvalue weighted by Crippen LogP contribution is 2.33. The van der Waals surface area contributed by atoms with Crippen LogP contribution in [0.1, 0.15) is 5.56 Å². The van der Waals surface area contributed by atoms with Crippen molar-refractivity contribution >= 4 is 51.4 Å². The molecule has 1 aromatic carbocycles. The molecule has 104 valence electrons. The number of hydrogen-bond donors (Lipinski definition) is 1. The zero-order valence-corrected chi connectivity index (χ0v) is 11.3. The third-order valence-electron chi connectivity index (χ3n) is 1.92. The van der Waals surface area contributed by atoms with Crippen LogP contribution in [0.25, 0.3) is 0 Å². The fraction of sp³-hybridized carbons (Fsp3) is 0.200. The lowest BCUT2D eigenvalue weighted by Gasteiger charge is -2.10. The van der Waals surface area contributed by atoms with Crippen LogP contribution in [0.3, 0.4) is 0 Å². The highest BCUT2D eigenvalue weighted by atomic mass is 35.5. The van der Waals surface area contributed by atoms with Gasteiger partial charge in [-0.2, -0.15) is 18.3 Å². The summed E-state index contributed by atoms with van der Waals surface area (Å²) in [6.45, 7) is 0. The highest BCUT2D eigenvalue weighted by Gasteiger charge is 2.30. The van der Waals surface area contributed by atoms with Crippen molar-refractivity contribution in [2.75, 3.05) is 11.3 Å². The van der Waals surface area contributed by atoms with Crippen molar-refractivity contribution in [2.45, 2.75) is 6.18 Å². The first kappa shape index (κ1) is 16.1. The van der Waals surface area contributed by atoms with E-state index in [0.29, 0.717) is 0 Å². The zero-order chi connectivity index (χ0) is 14.6. The lowest BCUT2D eigenvalue weighted by molar-refractivity contribution is -0.137. The maximum atomic E-state index is 12.5. The Morgan fingerprint density at radius 2 is 2.00 bits per heavy atom. The van der Waals surface area contributed by atoms with Crippen LogP contribution in [0.4, 0.5) is 18.9 Å². The Labute approximate surface area is 121 Å². The molecule has 0 heterocycles. The van der Waals surface area contributed by atoms with Crippen LogP contribution in [0, 0.1) is 0 Å². The third-order valence-corrected chi connectivity index (χ3v) is 2.79. The molecule has 19 heavy (non-hydrogen) atoms. The first-order chi connectivity index (χ1) is 8.75. The summed E-state index contributed by atoms with van der Waals surface area (Å²) in [6, 6.07) is 2.63. The highest BCUT2D eigenvalue weighted by molar-refractivity contribution is 6.84. The van der Waals surface area contributed by atoms with Crippen molar-refractivity contribution in [3.05, 3.63) is 28.8 Å². The molecule has 0 fully saturated rings. The largest absolute Gasteiger partial charge is 0.416 e. The average Bonchev–Trinajstić information content (AvgIpc) is 2.35. The van der Waals surface area contributed by atoms with Gasteiger partial charge in [0, 0.05) is 0 Å². The minimum atomic E-state index is -4.51. The number of carbonyl (C=O) groups excluding carboxylic acids is 1. The Bertz CT molecular complexity index is 517. The van der Waals surface area contributed by atoms with Gasteiger partial charge >= 0.3 is 6.18 Å². The van der Waals surface area contributed by atoms with Gasteiger partial charge in [-0.15, -0.1) is 11.6 Å². The quantitative estimate of drug-likeness (QED) is 0.511. The van der Waals surface area contributed by atoms with E-state index in [-0.39, 0.29) is 16.6 Å². The van der Waals surface area contributed by atoms with Crippen molar-refractivity contribution < 1.29 is 18.0 Å². The van der Waals surface area contributed by atoms with Gasteiger partial charge in [-0.1, -0.05) is 23.2 Å². The van der Waals surface area contributed by atoms with E-state index in [1.54, 1.807) is 0 Å². The molecule has 0 aliphatic rings. The van der Waals surface area contributed by atoms with Gasteiger partial charge in [0.2, 0.25) is 5.78 Å². The van der Waals surface area contributed by atoms with Crippen LogP contribution in [0.5, 0.6) is 0 Å². The second kappa shape index (κ2) is 6.45. The van der Waals surface area contributed by atoms with Crippen molar-refractivity contribution in [3.63, 3.8) is 0 Å². The first-order valence-corrected chi connectivity index (χ1v) is 6.00. The average molecular weight is 334 g/mol. The Morgan fingerprint density at radius 3 is 2.53 bits per heavy atom. The monoisotopic (exact) mass is 332 g/mol. The van der Waals surface area contributed by atoms with Crippen LogP contribution in [-0.2, 0) is 11.0 Å². The van der Waals surface area contributed by atoms with E-state index in [4.69, 9.17) is 34.8 Å². The summed E-state index contributed by atoms with van der Waals surface area (Å²) in [5, 5.41) is 2.91. The van der Waals surface area contributed by atoms with Crippen LogP contribution in [-0.4, -0.2) is 16.8 Å². The molecule has 3 nitrogen and oxygen atoms in total. The number of carbonyl (C=O) groups is 1. The van der Waals surface area contributed by atoms with Gasteiger partial charge in [-0.05, 0) is 18.2 Å². The van der Waals surface area contributed by atoms with Crippen LogP contribution in [0.2, 0.25) is 5.02 Å². The summed E-state index contributed by atoms with van der Waals surface area (Å²) in [5.41, 5.74) is 1.15. The smallest absolute Gasteiger partial charge is 0.290 e. The summed E-state index contributed by atoms with van der Waals surface area (Å²) in [4.78, 5) is 11.0. The molecule has 0 bridgehead atoms. The van der Waals surface area contributed by atoms with Crippen molar-refractivity contribution in [3.8, 4) is 0 Å². The Morgan fingerprint density at radius 1 is 1.37 bits per heavy atom. The second-order valence-corrected chi connectivity index (χ2v) is 4.30. The van der Waals surface area contributed by atoms with E-state index < -0.39 is 22.7 Å². The van der Waals surface area contributed by atoms with E-state index in [9.17, 15) is 18.0 Å². The molecular formula is C10H6Cl3F3N2O. The molecule has 0 aromatic heterocycles. The number of alkyl halides is 4. The molecule has 0 radical (unpaired) electrons. The lowest BCUT2D eigenvalue weighted by atomic mass is 10.2. The van der Waals surface area contributed by atoms with E-state index in [1.807, 2.05) is 0 Å². The van der Waals surface area contributed by atoms with E-state index >= 15 is 0 Å². The van der Waals surface area contributed by atoms with Gasteiger partial charge in [0.25, 0.3) is 0 Å². The summed E-state index contributed by atoms with van der Waals surface area (Å²) < 4.78 is 37.4. The Kier molecular flexibility index (Phi) is 5.46. The van der Waals surface area contributed by atoms with Crippen LogP contribution < -0.4 is 5.43 Å². The number of benzene rings is 1. The SMILES string of the molecule is O=C(CCl)C(Cl)=NNc1cc(C(F)(F)F)ccc1Cl. The second-order valence-electron chi connectivity index (χ2n) is 3.26. The van der Waals surface area contributed by atoms with Crippen molar-refractivity contribution in [1.82, 2.24) is 0 Å². The number of anilines is 1. The van der Waals surface area contributed by atoms with Crippen molar-refractivity contribution in [2.24, 2.45) is 5.10 Å². The minimum absolute atomic E-state index is 0.000427. The standard InChI is InChI=1S/C10H6Cl3F3N2O/c11-4-8(19)9(13)18-17-7-3-5(10(14,15)16)1-2-6(7)12/h1-3,17H,4H2. The van der Waals surface area contributed by atoms with E-state index in [0.717, 1.165) is 18.2 Å². The third kappa shape index (κ3) is 4.56. The maximum Gasteiger partial charge on any atom is 0.416 e. The molecule has 0 spiro atoms. The van der Waals surface area contributed by atoms with E-state index in [1.165, 1.54) is 0 Å². The van der Waals surface area contributed by atoms with Gasteiger partial charge in [0.05, 0.1) is 22.2 Å². The molecule has 0 saturated carbocycles. The molecule has 0 atom stereocenters. The Balaban J connectivity index is 2.99. The first-order valence-electron chi connectivity index (χ1n) is 4.71. The predicted molar refractivity (Wildman–Crippen MR) is 69.1 cm³/mol. The number of hydrazone groups is 1. The van der Waals surface area contributed by atoms with Gasteiger partial charge in [0.15, 0.2) is 5.17 Å². The van der Waals surface area contributed by atoms with Gasteiger partial charge in [0.1, 0.15) is 0 Å². The number of rotatable bonds is 4. The summed E-state index contributed by atoms with van der Waals surface area (Å²) in [7, 11) is 0. The topological polar surface area (TPSA) is 41.5 Å². The molecule has 0 saturated heterocycles. The van der Waals surface area contributed by atoms with Gasteiger partial charge in [-0.3, -0.25) is 10.2 Å². The summed E-state index contributed by atoms with van der Waals surface area (Å²) >= 11 is 16.4. The molecule has 9 heteroatoms. The Hall–Kier alpha value is -0.980. The molecule has 1 N–H and O–H groups in total. The molecule has 0 unspecified atom stereocenters. The summed E-state index contributed by atoms with van der Waals surface area (Å²) in [6.07, 6.45) is -4.51. The number of nitrogens with one attached hydrogen (secondary N) is 1. The minimum Gasteiger partial charge on any atom is -0.290 e. The normalized spacial score (nSPS) is 12.4. The summed E-state index contributed by atoms with van der Waals surface area (Å²) in [5.74, 6) is -1.06. The molecule has 0 amide bonds. The molecule has 0 aliphatic carbocycles. The molecule has 1 rings (SSSR count). The maximum absolute atomic E-state index is 12.5. The number of ketones is 1. The van der Waals surface area contributed by atoms with Crippen LogP contribution >= 0.6 is 34.8 Å². The fourth-order valence-corrected chi connectivity index (χ4v) is 1.48.